The predicted molar refractivity (Wildman–Crippen MR) is 141 cm³/mol. The number of thioether (sulfide) groups is 1. The molecule has 0 spiro atoms. The number of rotatable bonds is 10. The molecule has 184 valence electrons. The van der Waals surface area contributed by atoms with Crippen molar-refractivity contribution in [1.82, 2.24) is 14.9 Å². The van der Waals surface area contributed by atoms with E-state index in [1.807, 2.05) is 67.6 Å². The second kappa shape index (κ2) is 11.8. The van der Waals surface area contributed by atoms with Gasteiger partial charge in [0.1, 0.15) is 17.2 Å². The highest BCUT2D eigenvalue weighted by atomic mass is 32.2. The zero-order valence-electron chi connectivity index (χ0n) is 19.7. The van der Waals surface area contributed by atoms with Crippen LogP contribution in [0.15, 0.2) is 83.1 Å². The Morgan fingerprint density at radius 3 is 2.64 bits per heavy atom. The number of nitrogens with two attached hydrogens (primary N) is 1. The Bertz CT molecular complexity index is 1360. The largest absolute Gasteiger partial charge is 0.497 e. The zero-order chi connectivity index (χ0) is 25.3. The number of amides is 1. The van der Waals surface area contributed by atoms with Gasteiger partial charge in [-0.15, -0.1) is 10.2 Å². The van der Waals surface area contributed by atoms with E-state index in [-0.39, 0.29) is 17.6 Å². The van der Waals surface area contributed by atoms with Crippen LogP contribution in [0.5, 0.6) is 17.2 Å². The number of ether oxygens (including phenoxy) is 2. The van der Waals surface area contributed by atoms with E-state index in [1.165, 1.54) is 4.68 Å². The summed E-state index contributed by atoms with van der Waals surface area (Å²) in [6.45, 7) is 1.90. The molecular formula is C25H25N7O3S. The van der Waals surface area contributed by atoms with E-state index >= 15 is 0 Å². The van der Waals surface area contributed by atoms with Gasteiger partial charge in [-0.2, -0.15) is 5.10 Å². The van der Waals surface area contributed by atoms with Gasteiger partial charge in [-0.1, -0.05) is 42.1 Å². The van der Waals surface area contributed by atoms with E-state index in [9.17, 15) is 4.79 Å². The number of nitrogen functional groups attached to an aromatic ring is 1. The fraction of sp³-hybridized carbons (Fsp3) is 0.120. The van der Waals surface area contributed by atoms with Crippen LogP contribution in [0.3, 0.4) is 0 Å². The fourth-order valence-corrected chi connectivity index (χ4v) is 3.78. The van der Waals surface area contributed by atoms with Crippen LogP contribution in [-0.2, 0) is 4.79 Å². The highest BCUT2D eigenvalue weighted by molar-refractivity contribution is 7.99. The Kier molecular flexibility index (Phi) is 8.04. The van der Waals surface area contributed by atoms with Crippen LogP contribution in [0, 0.1) is 6.92 Å². The highest BCUT2D eigenvalue weighted by Crippen LogP contribution is 2.23. The van der Waals surface area contributed by atoms with E-state index in [0.717, 1.165) is 34.4 Å². The van der Waals surface area contributed by atoms with Crippen LogP contribution in [0.4, 0.5) is 11.6 Å². The smallest absolute Gasteiger partial charge is 0.264 e. The van der Waals surface area contributed by atoms with E-state index in [4.69, 9.17) is 15.3 Å². The van der Waals surface area contributed by atoms with Gasteiger partial charge in [0.15, 0.2) is 0 Å². The standard InChI is InChI=1S/C25H25N7O3S/c1-17-13-20(34-2)11-12-22(17)28-23(33)16-36-25-31-30-24(32(25)26)29-27-15-18-7-6-10-21(14-18)35-19-8-4-3-5-9-19/h3-15H,16,26H2,1-2H3,(H,28,33)(H,29,30)/b27-15+. The summed E-state index contributed by atoms with van der Waals surface area (Å²) in [7, 11) is 1.60. The second-order valence-electron chi connectivity index (χ2n) is 7.55. The fourth-order valence-electron chi connectivity index (χ4n) is 3.12. The topological polar surface area (TPSA) is 129 Å². The van der Waals surface area contributed by atoms with Crippen LogP contribution in [0.25, 0.3) is 0 Å². The average Bonchev–Trinajstić information content (AvgIpc) is 3.24. The number of aromatic nitrogens is 3. The Morgan fingerprint density at radius 2 is 1.86 bits per heavy atom. The minimum atomic E-state index is -0.193. The summed E-state index contributed by atoms with van der Waals surface area (Å²) in [5.74, 6) is 8.37. The number of aryl methyl sites for hydroxylation is 1. The Labute approximate surface area is 212 Å². The molecule has 0 atom stereocenters. The summed E-state index contributed by atoms with van der Waals surface area (Å²) in [6.07, 6.45) is 1.62. The quantitative estimate of drug-likeness (QED) is 0.127. The number of methoxy groups -OCH3 is 1. The zero-order valence-corrected chi connectivity index (χ0v) is 20.5. The Morgan fingerprint density at radius 1 is 1.06 bits per heavy atom. The van der Waals surface area contributed by atoms with Crippen LogP contribution >= 0.6 is 11.8 Å². The number of hydrazone groups is 1. The number of nitrogens with one attached hydrogen (secondary N) is 2. The third kappa shape index (κ3) is 6.54. The lowest BCUT2D eigenvalue weighted by molar-refractivity contribution is -0.113. The second-order valence-corrected chi connectivity index (χ2v) is 8.49. The molecule has 11 heteroatoms. The summed E-state index contributed by atoms with van der Waals surface area (Å²) in [5, 5.41) is 15.4. The molecule has 0 saturated carbocycles. The van der Waals surface area contributed by atoms with Crippen molar-refractivity contribution in [1.29, 1.82) is 0 Å². The van der Waals surface area contributed by atoms with Crippen molar-refractivity contribution in [3.05, 3.63) is 83.9 Å². The minimum Gasteiger partial charge on any atom is -0.497 e. The van der Waals surface area contributed by atoms with Crippen molar-refractivity contribution in [2.75, 3.05) is 29.4 Å². The normalized spacial score (nSPS) is 10.8. The van der Waals surface area contributed by atoms with Crippen molar-refractivity contribution in [3.8, 4) is 17.2 Å². The number of carbonyl (C=O) groups excluding carboxylic acids is 1. The first-order chi connectivity index (χ1) is 17.5. The number of hydrogen-bond donors (Lipinski definition) is 3. The third-order valence-corrected chi connectivity index (χ3v) is 5.86. The van der Waals surface area contributed by atoms with E-state index in [1.54, 1.807) is 25.5 Å². The summed E-state index contributed by atoms with van der Waals surface area (Å²) < 4.78 is 12.3. The van der Waals surface area contributed by atoms with Crippen molar-refractivity contribution in [3.63, 3.8) is 0 Å². The molecule has 0 bridgehead atoms. The van der Waals surface area contributed by atoms with Gasteiger partial charge in [0, 0.05) is 5.69 Å². The number of benzene rings is 3. The first-order valence-electron chi connectivity index (χ1n) is 10.9. The molecule has 0 saturated heterocycles. The summed E-state index contributed by atoms with van der Waals surface area (Å²) >= 11 is 1.16. The molecular weight excluding hydrogens is 478 g/mol. The van der Waals surface area contributed by atoms with Gasteiger partial charge in [0.2, 0.25) is 11.1 Å². The average molecular weight is 504 g/mol. The molecule has 4 N–H and O–H groups in total. The molecule has 4 aromatic rings. The predicted octanol–water partition coefficient (Wildman–Crippen LogP) is 4.28. The first kappa shape index (κ1) is 24.6. The van der Waals surface area contributed by atoms with Gasteiger partial charge in [-0.05, 0) is 60.5 Å². The molecule has 0 aliphatic heterocycles. The maximum Gasteiger partial charge on any atom is 0.264 e. The van der Waals surface area contributed by atoms with E-state index in [0.29, 0.717) is 16.6 Å². The van der Waals surface area contributed by atoms with Gasteiger partial charge in [-0.3, -0.25) is 4.79 Å². The van der Waals surface area contributed by atoms with E-state index in [2.05, 4.69) is 26.0 Å². The molecule has 4 rings (SSSR count). The third-order valence-electron chi connectivity index (χ3n) is 4.92. The number of para-hydroxylation sites is 1. The van der Waals surface area contributed by atoms with E-state index < -0.39 is 0 Å². The lowest BCUT2D eigenvalue weighted by Crippen LogP contribution is -2.17. The molecule has 1 amide bonds. The minimum absolute atomic E-state index is 0.109. The van der Waals surface area contributed by atoms with Crippen molar-refractivity contribution < 1.29 is 14.3 Å². The van der Waals surface area contributed by atoms with Crippen LogP contribution in [-0.4, -0.2) is 39.9 Å². The Hall–Kier alpha value is -4.51. The number of hydrogen-bond acceptors (Lipinski definition) is 9. The molecule has 0 aliphatic carbocycles. The molecule has 36 heavy (non-hydrogen) atoms. The molecule has 1 aromatic heterocycles. The maximum atomic E-state index is 12.4. The SMILES string of the molecule is COc1ccc(NC(=O)CSc2nnc(N/N=C/c3cccc(Oc4ccccc4)c3)n2N)c(C)c1. The molecule has 1 heterocycles. The molecule has 3 aromatic carbocycles. The number of nitrogens with zero attached hydrogens (tertiary/aromatic N) is 4. The molecule has 0 unspecified atom stereocenters. The summed E-state index contributed by atoms with van der Waals surface area (Å²) in [4.78, 5) is 12.4. The summed E-state index contributed by atoms with van der Waals surface area (Å²) in [6, 6.07) is 22.4. The molecule has 0 aliphatic rings. The lowest BCUT2D eigenvalue weighted by atomic mass is 10.2. The van der Waals surface area contributed by atoms with Crippen LogP contribution in [0.1, 0.15) is 11.1 Å². The maximum absolute atomic E-state index is 12.4. The van der Waals surface area contributed by atoms with Crippen molar-refractivity contribution >= 4 is 35.5 Å². The molecule has 0 radical (unpaired) electrons. The van der Waals surface area contributed by atoms with Crippen LogP contribution < -0.4 is 26.1 Å². The molecule has 10 nitrogen and oxygen atoms in total. The van der Waals surface area contributed by atoms with Crippen LogP contribution in [0.2, 0.25) is 0 Å². The monoisotopic (exact) mass is 503 g/mol. The van der Waals surface area contributed by atoms with Crippen molar-refractivity contribution in [2.24, 2.45) is 5.10 Å². The van der Waals surface area contributed by atoms with Crippen molar-refractivity contribution in [2.45, 2.75) is 12.1 Å². The molecule has 0 fully saturated rings. The Balaban J connectivity index is 1.30. The van der Waals surface area contributed by atoms with Gasteiger partial charge >= 0.3 is 0 Å². The van der Waals surface area contributed by atoms with Gasteiger partial charge < -0.3 is 20.6 Å². The number of anilines is 2. The van der Waals surface area contributed by atoms with Gasteiger partial charge in [0.05, 0.1) is 19.1 Å². The lowest BCUT2D eigenvalue weighted by Gasteiger charge is -2.09. The van der Waals surface area contributed by atoms with Gasteiger partial charge in [0.25, 0.3) is 5.95 Å². The highest BCUT2D eigenvalue weighted by Gasteiger charge is 2.13. The summed E-state index contributed by atoms with van der Waals surface area (Å²) in [5.41, 5.74) is 5.20. The first-order valence-corrected chi connectivity index (χ1v) is 11.9. The van der Waals surface area contributed by atoms with Gasteiger partial charge in [-0.25, -0.2) is 10.1 Å². The number of carbonyl (C=O) groups is 1.